The van der Waals surface area contributed by atoms with Crippen molar-refractivity contribution < 1.29 is 9.90 Å². The van der Waals surface area contributed by atoms with E-state index in [1.54, 1.807) is 0 Å². The summed E-state index contributed by atoms with van der Waals surface area (Å²) in [5.74, 6) is 0.0303. The summed E-state index contributed by atoms with van der Waals surface area (Å²) in [6, 6.07) is 9.49. The summed E-state index contributed by atoms with van der Waals surface area (Å²) in [4.78, 5) is 12.2. The van der Waals surface area contributed by atoms with Crippen LogP contribution in [0.15, 0.2) is 30.3 Å². The number of carbonyl (C=O) groups excluding carboxylic acids is 1. The summed E-state index contributed by atoms with van der Waals surface area (Å²) < 4.78 is 0. The molecule has 3 atom stereocenters. The van der Waals surface area contributed by atoms with E-state index in [0.29, 0.717) is 6.42 Å². The number of amides is 1. The Labute approximate surface area is 132 Å². The van der Waals surface area contributed by atoms with Crippen LogP contribution in [0.5, 0.6) is 0 Å². The Morgan fingerprint density at radius 2 is 2.10 bits per heavy atom. The monoisotopic (exact) mass is 312 g/mol. The standard InChI is InChI=1S/C16H24N2O2.ClH/c1-12(11-14(19)13-7-4-3-5-8-13)18-15(20)16(2)9-6-10-17-16;/h3-5,7-8,12,14,17,19H,6,9-11H2,1-2H3,(H,18,20);1H. The molecule has 1 fully saturated rings. The molecule has 0 aliphatic carbocycles. The SMILES string of the molecule is CC(CC(O)c1ccccc1)NC(=O)C1(C)CCCN1.Cl. The molecule has 0 spiro atoms. The molecule has 3 unspecified atom stereocenters. The average molecular weight is 313 g/mol. The van der Waals surface area contributed by atoms with Crippen molar-refractivity contribution in [2.24, 2.45) is 0 Å². The normalized spacial score (nSPS) is 24.0. The van der Waals surface area contributed by atoms with E-state index in [0.717, 1.165) is 24.9 Å². The summed E-state index contributed by atoms with van der Waals surface area (Å²) in [5.41, 5.74) is 0.435. The van der Waals surface area contributed by atoms with Crippen molar-refractivity contribution in [1.29, 1.82) is 0 Å². The Morgan fingerprint density at radius 1 is 1.43 bits per heavy atom. The second-order valence-corrected chi connectivity index (χ2v) is 5.90. The van der Waals surface area contributed by atoms with Crippen molar-refractivity contribution in [3.8, 4) is 0 Å². The van der Waals surface area contributed by atoms with Crippen LogP contribution in [0.3, 0.4) is 0 Å². The van der Waals surface area contributed by atoms with Crippen LogP contribution in [-0.2, 0) is 4.79 Å². The predicted octanol–water partition coefficient (Wildman–Crippen LogP) is 2.18. The highest BCUT2D eigenvalue weighted by Gasteiger charge is 2.36. The van der Waals surface area contributed by atoms with Gasteiger partial charge >= 0.3 is 0 Å². The zero-order chi connectivity index (χ0) is 14.6. The molecule has 0 bridgehead atoms. The third-order valence-electron chi connectivity index (χ3n) is 4.01. The van der Waals surface area contributed by atoms with E-state index >= 15 is 0 Å². The van der Waals surface area contributed by atoms with Crippen LogP contribution in [0.4, 0.5) is 0 Å². The molecule has 2 rings (SSSR count). The maximum absolute atomic E-state index is 12.2. The van der Waals surface area contributed by atoms with Crippen molar-refractivity contribution >= 4 is 18.3 Å². The van der Waals surface area contributed by atoms with Gasteiger partial charge in [0, 0.05) is 6.04 Å². The Morgan fingerprint density at radius 3 is 2.67 bits per heavy atom. The molecule has 118 valence electrons. The molecule has 0 saturated carbocycles. The van der Waals surface area contributed by atoms with Crippen LogP contribution < -0.4 is 10.6 Å². The second-order valence-electron chi connectivity index (χ2n) is 5.90. The third kappa shape index (κ3) is 4.70. The van der Waals surface area contributed by atoms with Gasteiger partial charge < -0.3 is 15.7 Å². The zero-order valence-corrected chi connectivity index (χ0v) is 13.5. The maximum Gasteiger partial charge on any atom is 0.240 e. The van der Waals surface area contributed by atoms with Gasteiger partial charge in [-0.2, -0.15) is 0 Å². The molecule has 1 aromatic rings. The van der Waals surface area contributed by atoms with Gasteiger partial charge in [0.1, 0.15) is 0 Å². The number of nitrogens with one attached hydrogen (secondary N) is 2. The first-order chi connectivity index (χ1) is 9.51. The minimum Gasteiger partial charge on any atom is -0.388 e. The lowest BCUT2D eigenvalue weighted by Crippen LogP contribution is -2.53. The Bertz CT molecular complexity index is 447. The summed E-state index contributed by atoms with van der Waals surface area (Å²) in [7, 11) is 0. The fourth-order valence-electron chi connectivity index (χ4n) is 2.68. The lowest BCUT2D eigenvalue weighted by atomic mass is 9.97. The van der Waals surface area contributed by atoms with Gasteiger partial charge in [0.15, 0.2) is 0 Å². The fourth-order valence-corrected chi connectivity index (χ4v) is 2.68. The summed E-state index contributed by atoms with van der Waals surface area (Å²) in [6.45, 7) is 4.77. The minimum atomic E-state index is -0.546. The number of rotatable bonds is 5. The molecule has 0 radical (unpaired) electrons. The largest absolute Gasteiger partial charge is 0.388 e. The smallest absolute Gasteiger partial charge is 0.240 e. The number of benzene rings is 1. The van der Waals surface area contributed by atoms with Crippen LogP contribution in [0.25, 0.3) is 0 Å². The van der Waals surface area contributed by atoms with Gasteiger partial charge in [0.2, 0.25) is 5.91 Å². The van der Waals surface area contributed by atoms with Crippen LogP contribution in [-0.4, -0.2) is 29.1 Å². The molecule has 0 aromatic heterocycles. The summed E-state index contributed by atoms with van der Waals surface area (Å²) >= 11 is 0. The molecule has 1 saturated heterocycles. The molecule has 1 amide bonds. The molecule has 1 heterocycles. The van der Waals surface area contributed by atoms with E-state index in [4.69, 9.17) is 0 Å². The number of aliphatic hydroxyl groups excluding tert-OH is 1. The molecular formula is C16H25ClN2O2. The van der Waals surface area contributed by atoms with Gasteiger partial charge in [-0.25, -0.2) is 0 Å². The van der Waals surface area contributed by atoms with Gasteiger partial charge in [0.05, 0.1) is 11.6 Å². The average Bonchev–Trinajstić information content (AvgIpc) is 2.88. The lowest BCUT2D eigenvalue weighted by Gasteiger charge is -2.26. The molecule has 5 heteroatoms. The van der Waals surface area contributed by atoms with Gasteiger partial charge in [-0.15, -0.1) is 12.4 Å². The highest BCUT2D eigenvalue weighted by molar-refractivity contribution is 5.86. The molecule has 1 aliphatic rings. The maximum atomic E-state index is 12.2. The van der Waals surface area contributed by atoms with Crippen LogP contribution in [0.1, 0.15) is 44.8 Å². The van der Waals surface area contributed by atoms with Crippen molar-refractivity contribution in [3.05, 3.63) is 35.9 Å². The zero-order valence-electron chi connectivity index (χ0n) is 12.6. The summed E-state index contributed by atoms with van der Waals surface area (Å²) in [6.07, 6.45) is 1.87. The Hall–Kier alpha value is -1.10. The van der Waals surface area contributed by atoms with E-state index in [1.807, 2.05) is 44.2 Å². The molecular weight excluding hydrogens is 288 g/mol. The molecule has 3 N–H and O–H groups in total. The molecule has 1 aliphatic heterocycles. The number of hydrogen-bond acceptors (Lipinski definition) is 3. The van der Waals surface area contributed by atoms with Gasteiger partial charge in [0.25, 0.3) is 0 Å². The first kappa shape index (κ1) is 18.0. The molecule has 4 nitrogen and oxygen atoms in total. The quantitative estimate of drug-likeness (QED) is 0.781. The predicted molar refractivity (Wildman–Crippen MR) is 86.5 cm³/mol. The van der Waals surface area contributed by atoms with Crippen molar-refractivity contribution in [2.45, 2.75) is 50.8 Å². The van der Waals surface area contributed by atoms with Crippen LogP contribution in [0, 0.1) is 0 Å². The Kier molecular flexibility index (Phi) is 6.65. The molecule has 1 aromatic carbocycles. The van der Waals surface area contributed by atoms with E-state index in [9.17, 15) is 9.90 Å². The number of hydrogen-bond donors (Lipinski definition) is 3. The van der Waals surface area contributed by atoms with Crippen LogP contribution in [0.2, 0.25) is 0 Å². The van der Waals surface area contributed by atoms with Gasteiger partial charge in [-0.3, -0.25) is 4.79 Å². The highest BCUT2D eigenvalue weighted by Crippen LogP contribution is 2.21. The first-order valence-electron chi connectivity index (χ1n) is 7.30. The van der Waals surface area contributed by atoms with Crippen LogP contribution >= 0.6 is 12.4 Å². The fraction of sp³-hybridized carbons (Fsp3) is 0.562. The van der Waals surface area contributed by atoms with Gasteiger partial charge in [-0.05, 0) is 45.2 Å². The third-order valence-corrected chi connectivity index (χ3v) is 4.01. The lowest BCUT2D eigenvalue weighted by molar-refractivity contribution is -0.127. The van der Waals surface area contributed by atoms with Crippen molar-refractivity contribution in [2.75, 3.05) is 6.54 Å². The van der Waals surface area contributed by atoms with Gasteiger partial charge in [-0.1, -0.05) is 30.3 Å². The number of aliphatic hydroxyl groups is 1. The first-order valence-corrected chi connectivity index (χ1v) is 7.30. The van der Waals surface area contributed by atoms with E-state index < -0.39 is 11.6 Å². The minimum absolute atomic E-state index is 0. The topological polar surface area (TPSA) is 61.4 Å². The molecule has 21 heavy (non-hydrogen) atoms. The van der Waals surface area contributed by atoms with Crippen molar-refractivity contribution in [1.82, 2.24) is 10.6 Å². The second kappa shape index (κ2) is 7.78. The Balaban J connectivity index is 0.00000220. The number of carbonyl (C=O) groups is 1. The van der Waals surface area contributed by atoms with Crippen molar-refractivity contribution in [3.63, 3.8) is 0 Å². The van der Waals surface area contributed by atoms with E-state index in [1.165, 1.54) is 0 Å². The highest BCUT2D eigenvalue weighted by atomic mass is 35.5. The van der Waals surface area contributed by atoms with E-state index in [2.05, 4.69) is 10.6 Å². The van der Waals surface area contributed by atoms with E-state index in [-0.39, 0.29) is 24.4 Å². The summed E-state index contributed by atoms with van der Waals surface area (Å²) in [5, 5.41) is 16.4. The number of halogens is 1.